The number of benzene rings is 1. The zero-order valence-electron chi connectivity index (χ0n) is 17.9. The van der Waals surface area contributed by atoms with Gasteiger partial charge in [0.05, 0.1) is 24.2 Å². The maximum Gasteiger partial charge on any atom is 0.347 e. The third-order valence-electron chi connectivity index (χ3n) is 5.94. The molecule has 0 N–H and O–H groups in total. The number of esters is 2. The van der Waals surface area contributed by atoms with Gasteiger partial charge in [0.2, 0.25) is 0 Å². The van der Waals surface area contributed by atoms with Crippen LogP contribution in [0.3, 0.4) is 0 Å². The number of hydrogen-bond donors (Lipinski definition) is 0. The summed E-state index contributed by atoms with van der Waals surface area (Å²) in [5, 5.41) is 0. The van der Waals surface area contributed by atoms with Crippen molar-refractivity contribution in [1.82, 2.24) is 9.55 Å². The fourth-order valence-corrected chi connectivity index (χ4v) is 4.44. The SMILES string of the molecule is CCOC(=O)C(=CN1c2ccc3c(nc4n3CCCC4)c2CCC1C)C(=O)OCC. The number of imidazole rings is 1. The lowest BCUT2D eigenvalue weighted by Crippen LogP contribution is -2.35. The van der Waals surface area contributed by atoms with Gasteiger partial charge in [0.25, 0.3) is 0 Å². The Bertz CT molecular complexity index is 988. The standard InChI is InChI=1S/C23H29N3O4/c1-4-29-22(27)17(23(28)30-5-2)14-26-15(3)9-10-16-18(26)11-12-19-21(16)24-20-8-6-7-13-25(19)20/h11-12,14-15H,4-10,13H2,1-3H3. The first-order valence-electron chi connectivity index (χ1n) is 10.9. The van der Waals surface area contributed by atoms with Crippen molar-refractivity contribution in [3.05, 3.63) is 35.3 Å². The number of carbonyl (C=O) groups is 2. The van der Waals surface area contributed by atoms with E-state index >= 15 is 0 Å². The smallest absolute Gasteiger partial charge is 0.347 e. The van der Waals surface area contributed by atoms with Crippen LogP contribution in [0.1, 0.15) is 51.4 Å². The summed E-state index contributed by atoms with van der Waals surface area (Å²) in [5.41, 5.74) is 4.31. The molecule has 2 aromatic rings. The molecule has 1 unspecified atom stereocenters. The second-order valence-corrected chi connectivity index (χ2v) is 7.85. The largest absolute Gasteiger partial charge is 0.462 e. The van der Waals surface area contributed by atoms with Crippen LogP contribution in [0, 0.1) is 0 Å². The van der Waals surface area contributed by atoms with E-state index in [0.717, 1.165) is 42.8 Å². The Kier molecular flexibility index (Phi) is 5.79. The van der Waals surface area contributed by atoms with Crippen LogP contribution in [0.5, 0.6) is 0 Å². The summed E-state index contributed by atoms with van der Waals surface area (Å²) < 4.78 is 12.6. The van der Waals surface area contributed by atoms with Crippen molar-refractivity contribution < 1.29 is 19.1 Å². The van der Waals surface area contributed by atoms with Crippen molar-refractivity contribution in [2.24, 2.45) is 0 Å². The molecular weight excluding hydrogens is 382 g/mol. The highest BCUT2D eigenvalue weighted by Crippen LogP contribution is 2.37. The molecule has 160 valence electrons. The number of carbonyl (C=O) groups excluding carboxylic acids is 2. The van der Waals surface area contributed by atoms with Gasteiger partial charge in [0, 0.05) is 36.5 Å². The Balaban J connectivity index is 1.80. The molecule has 7 nitrogen and oxygen atoms in total. The lowest BCUT2D eigenvalue weighted by atomic mass is 9.95. The highest BCUT2D eigenvalue weighted by molar-refractivity contribution is 6.14. The first kappa shape index (κ1) is 20.4. The minimum Gasteiger partial charge on any atom is -0.462 e. The molecule has 0 spiro atoms. The molecule has 0 fully saturated rings. The first-order chi connectivity index (χ1) is 14.5. The number of nitrogens with zero attached hydrogens (tertiary/aromatic N) is 3. The predicted octanol–water partition coefficient (Wildman–Crippen LogP) is 3.52. The van der Waals surface area contributed by atoms with Crippen LogP contribution in [0.15, 0.2) is 23.9 Å². The molecule has 7 heteroatoms. The lowest BCUT2D eigenvalue weighted by Gasteiger charge is -2.35. The highest BCUT2D eigenvalue weighted by atomic mass is 16.6. The van der Waals surface area contributed by atoms with Gasteiger partial charge in [0.1, 0.15) is 5.82 Å². The Morgan fingerprint density at radius 1 is 1.13 bits per heavy atom. The molecule has 1 aromatic heterocycles. The van der Waals surface area contributed by atoms with Gasteiger partial charge in [-0.25, -0.2) is 14.6 Å². The van der Waals surface area contributed by atoms with E-state index in [2.05, 4.69) is 23.6 Å². The molecule has 30 heavy (non-hydrogen) atoms. The van der Waals surface area contributed by atoms with Crippen LogP contribution < -0.4 is 4.90 Å². The number of hydrogen-bond acceptors (Lipinski definition) is 6. The minimum atomic E-state index is -0.659. The Morgan fingerprint density at radius 2 is 1.87 bits per heavy atom. The van der Waals surface area contributed by atoms with E-state index in [4.69, 9.17) is 14.5 Å². The highest BCUT2D eigenvalue weighted by Gasteiger charge is 2.29. The maximum atomic E-state index is 12.5. The average molecular weight is 412 g/mol. The topological polar surface area (TPSA) is 73.7 Å². The fourth-order valence-electron chi connectivity index (χ4n) is 4.44. The molecule has 0 amide bonds. The summed E-state index contributed by atoms with van der Waals surface area (Å²) in [5.74, 6) is -0.160. The van der Waals surface area contributed by atoms with Crippen LogP contribution in [-0.4, -0.2) is 40.7 Å². The number of aryl methyl sites for hydroxylation is 3. The summed E-state index contributed by atoms with van der Waals surface area (Å²) in [6.45, 7) is 6.94. The van der Waals surface area contributed by atoms with E-state index in [1.54, 1.807) is 20.0 Å². The Morgan fingerprint density at radius 3 is 2.57 bits per heavy atom. The van der Waals surface area contributed by atoms with E-state index in [9.17, 15) is 9.59 Å². The normalized spacial score (nSPS) is 17.8. The third-order valence-corrected chi connectivity index (χ3v) is 5.94. The lowest BCUT2D eigenvalue weighted by molar-refractivity contribution is -0.146. The van der Waals surface area contributed by atoms with Crippen LogP contribution in [0.25, 0.3) is 11.0 Å². The van der Waals surface area contributed by atoms with Gasteiger partial charge >= 0.3 is 11.9 Å². The van der Waals surface area contributed by atoms with E-state index in [0.29, 0.717) is 0 Å². The average Bonchev–Trinajstić information content (AvgIpc) is 3.12. The number of aromatic nitrogens is 2. The molecule has 0 radical (unpaired) electrons. The van der Waals surface area contributed by atoms with Gasteiger partial charge in [-0.15, -0.1) is 0 Å². The summed E-state index contributed by atoms with van der Waals surface area (Å²) in [6.07, 6.45) is 6.80. The molecule has 4 rings (SSSR count). The van der Waals surface area contributed by atoms with Crippen molar-refractivity contribution in [2.45, 2.75) is 65.5 Å². The van der Waals surface area contributed by atoms with E-state index < -0.39 is 11.9 Å². The molecule has 3 heterocycles. The van der Waals surface area contributed by atoms with Crippen LogP contribution in [0.2, 0.25) is 0 Å². The zero-order chi connectivity index (χ0) is 21.3. The summed E-state index contributed by atoms with van der Waals surface area (Å²) in [6, 6.07) is 4.33. The molecular formula is C23H29N3O4. The van der Waals surface area contributed by atoms with Crippen molar-refractivity contribution >= 4 is 28.7 Å². The second-order valence-electron chi connectivity index (χ2n) is 7.85. The summed E-state index contributed by atoms with van der Waals surface area (Å²) in [4.78, 5) is 31.9. The van der Waals surface area contributed by atoms with Crippen molar-refractivity contribution in [3.63, 3.8) is 0 Å². The van der Waals surface area contributed by atoms with Crippen molar-refractivity contribution in [1.29, 1.82) is 0 Å². The number of ether oxygens (including phenoxy) is 2. The monoisotopic (exact) mass is 411 g/mol. The van der Waals surface area contributed by atoms with E-state index in [-0.39, 0.29) is 24.8 Å². The predicted molar refractivity (Wildman–Crippen MR) is 114 cm³/mol. The molecule has 0 aliphatic carbocycles. The molecule has 0 bridgehead atoms. The molecule has 1 aromatic carbocycles. The van der Waals surface area contributed by atoms with Crippen molar-refractivity contribution in [2.75, 3.05) is 18.1 Å². The maximum absolute atomic E-state index is 12.5. The summed E-state index contributed by atoms with van der Waals surface area (Å²) in [7, 11) is 0. The second kappa shape index (κ2) is 8.50. The van der Waals surface area contributed by atoms with E-state index in [1.165, 1.54) is 23.9 Å². The van der Waals surface area contributed by atoms with Crippen LogP contribution in [0.4, 0.5) is 5.69 Å². The van der Waals surface area contributed by atoms with Crippen molar-refractivity contribution in [3.8, 4) is 0 Å². The van der Waals surface area contributed by atoms with Gasteiger partial charge in [-0.2, -0.15) is 0 Å². The fraction of sp³-hybridized carbons (Fsp3) is 0.522. The number of anilines is 1. The van der Waals surface area contributed by atoms with Gasteiger partial charge in [-0.3, -0.25) is 0 Å². The van der Waals surface area contributed by atoms with Crippen LogP contribution >= 0.6 is 0 Å². The first-order valence-corrected chi connectivity index (χ1v) is 10.9. The van der Waals surface area contributed by atoms with Gasteiger partial charge in [-0.05, 0) is 58.6 Å². The molecule has 0 saturated heterocycles. The molecule has 2 aliphatic rings. The molecule has 1 atom stereocenters. The quantitative estimate of drug-likeness (QED) is 0.324. The van der Waals surface area contributed by atoms with Gasteiger partial charge in [-0.1, -0.05) is 0 Å². The number of rotatable bonds is 5. The minimum absolute atomic E-state index is 0.0809. The molecule has 0 saturated carbocycles. The van der Waals surface area contributed by atoms with Crippen LogP contribution in [-0.2, 0) is 38.4 Å². The zero-order valence-corrected chi connectivity index (χ0v) is 17.9. The Hall–Kier alpha value is -2.83. The molecule has 2 aliphatic heterocycles. The number of fused-ring (bicyclic) bond motifs is 5. The summed E-state index contributed by atoms with van der Waals surface area (Å²) >= 11 is 0. The third kappa shape index (κ3) is 3.57. The van der Waals surface area contributed by atoms with E-state index in [1.807, 2.05) is 4.90 Å². The van der Waals surface area contributed by atoms with Gasteiger partial charge < -0.3 is 18.9 Å². The van der Waals surface area contributed by atoms with Gasteiger partial charge in [0.15, 0.2) is 5.57 Å². The Labute approximate surface area is 176 Å².